The predicted octanol–water partition coefficient (Wildman–Crippen LogP) is 4.33. The first-order valence-electron chi connectivity index (χ1n) is 11.7. The third-order valence-corrected chi connectivity index (χ3v) is 7.76. The van der Waals surface area contributed by atoms with Crippen molar-refractivity contribution in [1.82, 2.24) is 10.2 Å². The molecule has 3 fully saturated rings. The van der Waals surface area contributed by atoms with Gasteiger partial charge in [0.1, 0.15) is 0 Å². The minimum atomic E-state index is -4.32. The number of halogens is 3. The molecule has 33 heavy (non-hydrogen) atoms. The smallest absolute Gasteiger partial charge is 0.375 e. The van der Waals surface area contributed by atoms with Crippen molar-refractivity contribution in [2.75, 3.05) is 13.1 Å². The summed E-state index contributed by atoms with van der Waals surface area (Å²) in [6.07, 6.45) is -0.574. The molecule has 7 heteroatoms. The van der Waals surface area contributed by atoms with Crippen molar-refractivity contribution >= 4 is 5.91 Å². The van der Waals surface area contributed by atoms with Gasteiger partial charge in [0.25, 0.3) is 5.91 Å². The van der Waals surface area contributed by atoms with E-state index in [1.807, 2.05) is 30.3 Å². The van der Waals surface area contributed by atoms with Crippen LogP contribution < -0.4 is 5.32 Å². The van der Waals surface area contributed by atoms with Gasteiger partial charge in [0.05, 0.1) is 5.56 Å². The third kappa shape index (κ3) is 4.28. The van der Waals surface area contributed by atoms with Gasteiger partial charge in [0.2, 0.25) is 0 Å². The molecule has 0 bridgehead atoms. The number of nitrogens with zero attached hydrogens (tertiary/aromatic N) is 1. The van der Waals surface area contributed by atoms with E-state index < -0.39 is 17.3 Å². The molecule has 0 aromatic heterocycles. The molecule has 0 radical (unpaired) electrons. The highest BCUT2D eigenvalue weighted by molar-refractivity contribution is 5.87. The van der Waals surface area contributed by atoms with Crippen LogP contribution in [-0.4, -0.2) is 35.0 Å². The Balaban J connectivity index is 1.19. The molecule has 1 aliphatic heterocycles. The maximum atomic E-state index is 13.4. The number of carbonyl (C=O) groups is 1. The lowest BCUT2D eigenvalue weighted by atomic mass is 9.79. The second kappa shape index (κ2) is 8.44. The van der Waals surface area contributed by atoms with Crippen LogP contribution in [0.3, 0.4) is 0 Å². The normalized spacial score (nSPS) is 27.2. The number of amides is 1. The number of carbonyl (C=O) groups excluding carboxylic acids is 1. The quantitative estimate of drug-likeness (QED) is 0.678. The standard InChI is InChI=1S/C26H29F3N2O2/c27-26(28,29)20-12-10-17(11-13-20)14-31-15-21-22(16-31)23(21)30-24(32)25(33,19-8-4-5-9-19)18-6-2-1-3-7-18/h1-3,6-7,10-13,19,21-23,33H,4-5,8-9,14-16H2,(H,30,32)/t21-,22?,23?,25?/m0/s1. The van der Waals surface area contributed by atoms with Crippen LogP contribution >= 0.6 is 0 Å². The first-order valence-corrected chi connectivity index (χ1v) is 11.7. The number of nitrogens with one attached hydrogen (secondary N) is 1. The molecule has 2 N–H and O–H groups in total. The second-order valence-corrected chi connectivity index (χ2v) is 9.83. The Hall–Kier alpha value is -2.38. The Labute approximate surface area is 191 Å². The summed E-state index contributed by atoms with van der Waals surface area (Å²) in [5.41, 5.74) is -0.630. The molecule has 1 saturated heterocycles. The average Bonchev–Trinajstić information content (AvgIpc) is 3.21. The van der Waals surface area contributed by atoms with Crippen molar-refractivity contribution in [2.24, 2.45) is 17.8 Å². The summed E-state index contributed by atoms with van der Waals surface area (Å²) in [6, 6.07) is 14.6. The van der Waals surface area contributed by atoms with Gasteiger partial charge in [-0.05, 0) is 47.9 Å². The molecule has 5 rings (SSSR count). The van der Waals surface area contributed by atoms with Crippen LogP contribution in [-0.2, 0) is 23.1 Å². The van der Waals surface area contributed by atoms with Crippen LogP contribution in [0.25, 0.3) is 0 Å². The monoisotopic (exact) mass is 458 g/mol. The number of fused-ring (bicyclic) bond motifs is 1. The van der Waals surface area contributed by atoms with Crippen molar-refractivity contribution in [3.63, 3.8) is 0 Å². The molecule has 0 spiro atoms. The van der Waals surface area contributed by atoms with Crippen LogP contribution in [0.1, 0.15) is 42.4 Å². The van der Waals surface area contributed by atoms with E-state index in [4.69, 9.17) is 0 Å². The van der Waals surface area contributed by atoms with Crippen LogP contribution in [0, 0.1) is 17.8 Å². The molecule has 2 aromatic rings. The number of rotatable bonds is 6. The minimum absolute atomic E-state index is 0.0537. The zero-order valence-electron chi connectivity index (χ0n) is 18.4. The van der Waals surface area contributed by atoms with Gasteiger partial charge in [-0.2, -0.15) is 13.2 Å². The molecule has 3 unspecified atom stereocenters. The highest BCUT2D eigenvalue weighted by Crippen LogP contribution is 2.47. The van der Waals surface area contributed by atoms with Crippen LogP contribution in [0.5, 0.6) is 0 Å². The number of hydrogen-bond acceptors (Lipinski definition) is 3. The Kier molecular flexibility index (Phi) is 5.73. The van der Waals surface area contributed by atoms with Crippen molar-refractivity contribution in [1.29, 1.82) is 0 Å². The van der Waals surface area contributed by atoms with Crippen molar-refractivity contribution < 1.29 is 23.1 Å². The molecule has 3 aliphatic rings. The van der Waals surface area contributed by atoms with Crippen LogP contribution in [0.4, 0.5) is 13.2 Å². The first kappa shape index (κ1) is 22.4. The summed E-state index contributed by atoms with van der Waals surface area (Å²) in [6.45, 7) is 2.19. The molecule has 2 aromatic carbocycles. The van der Waals surface area contributed by atoms with E-state index in [1.54, 1.807) is 0 Å². The van der Waals surface area contributed by atoms with Crippen molar-refractivity contribution in [2.45, 2.75) is 50.0 Å². The molecule has 4 atom stereocenters. The van der Waals surface area contributed by atoms with Gasteiger partial charge in [-0.25, -0.2) is 0 Å². The van der Waals surface area contributed by atoms with Gasteiger partial charge in [-0.3, -0.25) is 9.69 Å². The molecule has 176 valence electrons. The first-order chi connectivity index (χ1) is 15.8. The van der Waals surface area contributed by atoms with Gasteiger partial charge in [0.15, 0.2) is 5.60 Å². The van der Waals surface area contributed by atoms with E-state index in [9.17, 15) is 23.1 Å². The van der Waals surface area contributed by atoms with E-state index in [0.717, 1.165) is 56.5 Å². The zero-order chi connectivity index (χ0) is 23.2. The summed E-state index contributed by atoms with van der Waals surface area (Å²) in [4.78, 5) is 15.6. The molecule has 1 heterocycles. The largest absolute Gasteiger partial charge is 0.416 e. The van der Waals surface area contributed by atoms with Gasteiger partial charge in [-0.1, -0.05) is 55.3 Å². The number of hydrogen-bond donors (Lipinski definition) is 2. The van der Waals surface area contributed by atoms with Crippen molar-refractivity contribution in [3.05, 3.63) is 71.3 Å². The summed E-state index contributed by atoms with van der Waals surface area (Å²) < 4.78 is 38.3. The summed E-state index contributed by atoms with van der Waals surface area (Å²) in [7, 11) is 0. The fourth-order valence-electron chi connectivity index (χ4n) is 5.86. The number of aliphatic hydroxyl groups is 1. The van der Waals surface area contributed by atoms with E-state index in [-0.39, 0.29) is 17.9 Å². The molecular weight excluding hydrogens is 429 g/mol. The van der Waals surface area contributed by atoms with Crippen molar-refractivity contribution in [3.8, 4) is 0 Å². The van der Waals surface area contributed by atoms with E-state index >= 15 is 0 Å². The molecule has 1 amide bonds. The highest BCUT2D eigenvalue weighted by atomic mass is 19.4. The Morgan fingerprint density at radius 1 is 0.939 bits per heavy atom. The number of alkyl halides is 3. The summed E-state index contributed by atoms with van der Waals surface area (Å²) >= 11 is 0. The topological polar surface area (TPSA) is 52.6 Å². The van der Waals surface area contributed by atoms with E-state index in [2.05, 4.69) is 10.2 Å². The Morgan fingerprint density at radius 3 is 2.12 bits per heavy atom. The van der Waals surface area contributed by atoms with Crippen LogP contribution in [0.2, 0.25) is 0 Å². The molecule has 4 nitrogen and oxygen atoms in total. The molecule has 2 aliphatic carbocycles. The predicted molar refractivity (Wildman–Crippen MR) is 118 cm³/mol. The number of likely N-dealkylation sites (tertiary alicyclic amines) is 1. The Morgan fingerprint density at radius 2 is 1.55 bits per heavy atom. The summed E-state index contributed by atoms with van der Waals surface area (Å²) in [5, 5.41) is 14.8. The molecule has 2 saturated carbocycles. The lowest BCUT2D eigenvalue weighted by molar-refractivity contribution is -0.147. The molecular formula is C26H29F3N2O2. The van der Waals surface area contributed by atoms with Gasteiger partial charge < -0.3 is 10.4 Å². The van der Waals surface area contributed by atoms with Crippen LogP contribution in [0.15, 0.2) is 54.6 Å². The zero-order valence-corrected chi connectivity index (χ0v) is 18.4. The lowest BCUT2D eigenvalue weighted by Crippen LogP contribution is -2.50. The van der Waals surface area contributed by atoms with E-state index in [0.29, 0.717) is 23.9 Å². The average molecular weight is 459 g/mol. The fraction of sp³-hybridized carbons (Fsp3) is 0.500. The summed E-state index contributed by atoms with van der Waals surface area (Å²) in [5.74, 6) is 0.281. The highest BCUT2D eigenvalue weighted by Gasteiger charge is 2.58. The third-order valence-electron chi connectivity index (χ3n) is 7.76. The maximum Gasteiger partial charge on any atom is 0.416 e. The number of piperidine rings is 1. The van der Waals surface area contributed by atoms with E-state index in [1.165, 1.54) is 12.1 Å². The maximum absolute atomic E-state index is 13.4. The lowest BCUT2D eigenvalue weighted by Gasteiger charge is -2.33. The fourth-order valence-corrected chi connectivity index (χ4v) is 5.86. The Bertz CT molecular complexity index is 977. The minimum Gasteiger partial charge on any atom is -0.375 e. The second-order valence-electron chi connectivity index (χ2n) is 9.83. The SMILES string of the molecule is O=C(NC1C2CN(Cc3ccc(C(F)(F)F)cc3)C[C@@H]21)C(O)(c1ccccc1)C1CCCC1. The van der Waals surface area contributed by atoms with Gasteiger partial charge >= 0.3 is 6.18 Å². The van der Waals surface area contributed by atoms with Gasteiger partial charge in [-0.15, -0.1) is 0 Å². The van der Waals surface area contributed by atoms with Gasteiger partial charge in [0, 0.05) is 31.6 Å². The number of benzene rings is 2.